The average Bonchev–Trinajstić information content (AvgIpc) is 2.59. The Kier molecular flexibility index (Phi) is 3.81. The molecule has 4 N–H and O–H groups in total. The summed E-state index contributed by atoms with van der Waals surface area (Å²) in [5, 5.41) is 40.6. The Balaban J connectivity index is 2.38. The highest BCUT2D eigenvalue weighted by Gasteiger charge is 2.36. The third-order valence-electron chi connectivity index (χ3n) is 4.39. The van der Waals surface area contributed by atoms with Crippen LogP contribution in [-0.2, 0) is 5.41 Å². The van der Waals surface area contributed by atoms with E-state index in [0.717, 1.165) is 5.56 Å². The van der Waals surface area contributed by atoms with E-state index in [-0.39, 0.29) is 23.0 Å². The molecule has 0 unspecified atom stereocenters. The number of rotatable bonds is 3. The van der Waals surface area contributed by atoms with Crippen LogP contribution in [0.5, 0.6) is 23.0 Å². The van der Waals surface area contributed by atoms with Crippen LogP contribution in [-0.4, -0.2) is 20.4 Å². The standard InChI is InChI=1S/C20H18O4/c1-20(13-5-3-2-4-6-13,16-11-14(21)7-9-18(16)23)17-12-15(22)8-10-19(17)24/h2-12,21-24H,1H3. The fourth-order valence-electron chi connectivity index (χ4n) is 3.08. The lowest BCUT2D eigenvalue weighted by atomic mass is 9.70. The predicted molar refractivity (Wildman–Crippen MR) is 91.5 cm³/mol. The summed E-state index contributed by atoms with van der Waals surface area (Å²) in [4.78, 5) is 0. The molecule has 3 rings (SSSR count). The van der Waals surface area contributed by atoms with E-state index >= 15 is 0 Å². The molecule has 0 amide bonds. The van der Waals surface area contributed by atoms with Gasteiger partial charge in [0.2, 0.25) is 0 Å². The van der Waals surface area contributed by atoms with Gasteiger partial charge in [-0.1, -0.05) is 30.3 Å². The Morgan fingerprint density at radius 2 is 1.08 bits per heavy atom. The van der Waals surface area contributed by atoms with Crippen LogP contribution < -0.4 is 0 Å². The minimum absolute atomic E-state index is 0.00426. The number of hydrogen-bond acceptors (Lipinski definition) is 4. The first kappa shape index (κ1) is 15.7. The highest BCUT2D eigenvalue weighted by atomic mass is 16.3. The molecule has 0 aliphatic heterocycles. The number of phenolic OH excluding ortho intramolecular Hbond substituents is 4. The van der Waals surface area contributed by atoms with Gasteiger partial charge in [-0.2, -0.15) is 0 Å². The van der Waals surface area contributed by atoms with Crippen molar-refractivity contribution in [2.24, 2.45) is 0 Å². The predicted octanol–water partition coefficient (Wildman–Crippen LogP) is 3.86. The van der Waals surface area contributed by atoms with Crippen molar-refractivity contribution in [3.63, 3.8) is 0 Å². The fraction of sp³-hybridized carbons (Fsp3) is 0.100. The van der Waals surface area contributed by atoms with Crippen molar-refractivity contribution in [2.75, 3.05) is 0 Å². The van der Waals surface area contributed by atoms with Crippen molar-refractivity contribution in [3.05, 3.63) is 83.4 Å². The molecule has 0 saturated carbocycles. The maximum absolute atomic E-state index is 10.4. The molecule has 0 heterocycles. The van der Waals surface area contributed by atoms with E-state index in [1.54, 1.807) is 0 Å². The van der Waals surface area contributed by atoms with Gasteiger partial charge in [-0.15, -0.1) is 0 Å². The van der Waals surface area contributed by atoms with E-state index in [9.17, 15) is 20.4 Å². The molecule has 0 aromatic heterocycles. The molecular formula is C20H18O4. The normalized spacial score (nSPS) is 11.4. The van der Waals surface area contributed by atoms with Crippen molar-refractivity contribution in [2.45, 2.75) is 12.3 Å². The third-order valence-corrected chi connectivity index (χ3v) is 4.39. The minimum Gasteiger partial charge on any atom is -0.508 e. The molecule has 0 spiro atoms. The maximum Gasteiger partial charge on any atom is 0.120 e. The Morgan fingerprint density at radius 3 is 1.54 bits per heavy atom. The van der Waals surface area contributed by atoms with Crippen LogP contribution >= 0.6 is 0 Å². The molecule has 0 atom stereocenters. The van der Waals surface area contributed by atoms with Gasteiger partial charge in [-0.25, -0.2) is 0 Å². The largest absolute Gasteiger partial charge is 0.508 e. The van der Waals surface area contributed by atoms with Crippen LogP contribution in [0.3, 0.4) is 0 Å². The van der Waals surface area contributed by atoms with Crippen LogP contribution in [0.25, 0.3) is 0 Å². The Labute approximate surface area is 139 Å². The van der Waals surface area contributed by atoms with E-state index in [1.807, 2.05) is 37.3 Å². The summed E-state index contributed by atoms with van der Waals surface area (Å²) in [6.45, 7) is 1.82. The second kappa shape index (κ2) is 5.81. The number of phenols is 4. The molecule has 24 heavy (non-hydrogen) atoms. The van der Waals surface area contributed by atoms with Gasteiger partial charge in [-0.3, -0.25) is 0 Å². The molecule has 122 valence electrons. The minimum atomic E-state index is -0.979. The molecule has 3 aromatic rings. The molecule has 0 bridgehead atoms. The zero-order valence-electron chi connectivity index (χ0n) is 13.1. The van der Waals surface area contributed by atoms with Crippen molar-refractivity contribution in [1.82, 2.24) is 0 Å². The van der Waals surface area contributed by atoms with Crippen molar-refractivity contribution in [3.8, 4) is 23.0 Å². The second-order valence-corrected chi connectivity index (χ2v) is 5.89. The lowest BCUT2D eigenvalue weighted by Gasteiger charge is -2.33. The molecule has 0 aliphatic carbocycles. The van der Waals surface area contributed by atoms with Gasteiger partial charge in [-0.05, 0) is 48.9 Å². The van der Waals surface area contributed by atoms with Gasteiger partial charge in [0.05, 0.1) is 0 Å². The first-order valence-electron chi connectivity index (χ1n) is 7.53. The summed E-state index contributed by atoms with van der Waals surface area (Å²) >= 11 is 0. The summed E-state index contributed by atoms with van der Waals surface area (Å²) in [6, 6.07) is 17.9. The molecule has 4 nitrogen and oxygen atoms in total. The molecule has 4 heteroatoms. The maximum atomic E-state index is 10.4. The monoisotopic (exact) mass is 322 g/mol. The van der Waals surface area contributed by atoms with E-state index in [4.69, 9.17) is 0 Å². The summed E-state index contributed by atoms with van der Waals surface area (Å²) in [5.41, 5.74) is 0.670. The molecule has 0 radical (unpaired) electrons. The van der Waals surface area contributed by atoms with Crippen LogP contribution in [0.15, 0.2) is 66.7 Å². The first-order chi connectivity index (χ1) is 11.4. The zero-order chi connectivity index (χ0) is 17.3. The molecular weight excluding hydrogens is 304 g/mol. The SMILES string of the molecule is CC(c1ccccc1)(c1cc(O)ccc1O)c1cc(O)ccc1O. The molecule has 0 fully saturated rings. The summed E-state index contributed by atoms with van der Waals surface area (Å²) in [7, 11) is 0. The summed E-state index contributed by atoms with van der Waals surface area (Å²) < 4.78 is 0. The van der Waals surface area contributed by atoms with Crippen molar-refractivity contribution in [1.29, 1.82) is 0 Å². The van der Waals surface area contributed by atoms with Gasteiger partial charge < -0.3 is 20.4 Å². The molecule has 3 aromatic carbocycles. The van der Waals surface area contributed by atoms with Gasteiger partial charge in [0.15, 0.2) is 0 Å². The van der Waals surface area contributed by atoms with Crippen LogP contribution in [0.1, 0.15) is 23.6 Å². The highest BCUT2D eigenvalue weighted by Crippen LogP contribution is 2.47. The van der Waals surface area contributed by atoms with Crippen LogP contribution in [0.2, 0.25) is 0 Å². The van der Waals surface area contributed by atoms with E-state index < -0.39 is 5.41 Å². The first-order valence-corrected chi connectivity index (χ1v) is 7.53. The van der Waals surface area contributed by atoms with Crippen molar-refractivity contribution >= 4 is 0 Å². The third kappa shape index (κ3) is 2.52. The zero-order valence-corrected chi connectivity index (χ0v) is 13.1. The summed E-state index contributed by atoms with van der Waals surface area (Å²) in [5.74, 6) is -0.0158. The summed E-state index contributed by atoms with van der Waals surface area (Å²) in [6.07, 6.45) is 0. The fourth-order valence-corrected chi connectivity index (χ4v) is 3.08. The van der Waals surface area contributed by atoms with Gasteiger partial charge in [0.25, 0.3) is 0 Å². The van der Waals surface area contributed by atoms with E-state index in [0.29, 0.717) is 11.1 Å². The lowest BCUT2D eigenvalue weighted by Crippen LogP contribution is -2.25. The van der Waals surface area contributed by atoms with Crippen LogP contribution in [0.4, 0.5) is 0 Å². The van der Waals surface area contributed by atoms with E-state index in [2.05, 4.69) is 0 Å². The van der Waals surface area contributed by atoms with Crippen LogP contribution in [0, 0.1) is 0 Å². The number of aromatic hydroxyl groups is 4. The quantitative estimate of drug-likeness (QED) is 0.436. The Morgan fingerprint density at radius 1 is 0.625 bits per heavy atom. The average molecular weight is 322 g/mol. The molecule has 0 saturated heterocycles. The topological polar surface area (TPSA) is 80.9 Å². The highest BCUT2D eigenvalue weighted by molar-refractivity contribution is 5.60. The number of benzene rings is 3. The van der Waals surface area contributed by atoms with Crippen molar-refractivity contribution < 1.29 is 20.4 Å². The molecule has 0 aliphatic rings. The number of hydrogen-bond donors (Lipinski definition) is 4. The van der Waals surface area contributed by atoms with Gasteiger partial charge in [0, 0.05) is 16.5 Å². The Hall–Kier alpha value is -3.14. The van der Waals surface area contributed by atoms with Gasteiger partial charge >= 0.3 is 0 Å². The second-order valence-electron chi connectivity index (χ2n) is 5.89. The smallest absolute Gasteiger partial charge is 0.120 e. The Bertz CT molecular complexity index is 821. The van der Waals surface area contributed by atoms with E-state index in [1.165, 1.54) is 36.4 Å². The van der Waals surface area contributed by atoms with Gasteiger partial charge in [0.1, 0.15) is 23.0 Å². The lowest BCUT2D eigenvalue weighted by molar-refractivity contribution is 0.429.